The minimum Gasteiger partial charge on any atom is -0.368 e. The van der Waals surface area contributed by atoms with Crippen LogP contribution >= 0.6 is 11.6 Å². The fourth-order valence-corrected chi connectivity index (χ4v) is 3.68. The van der Waals surface area contributed by atoms with Gasteiger partial charge in [-0.3, -0.25) is 10.1 Å². The summed E-state index contributed by atoms with van der Waals surface area (Å²) in [5, 5.41) is 15.4. The van der Waals surface area contributed by atoms with Crippen molar-refractivity contribution in [2.24, 2.45) is 0 Å². The number of nitrogens with one attached hydrogen (secondary N) is 1. The summed E-state index contributed by atoms with van der Waals surface area (Å²) in [4.78, 5) is 23.7. The predicted molar refractivity (Wildman–Crippen MR) is 119 cm³/mol. The van der Waals surface area contributed by atoms with Gasteiger partial charge in [0.2, 0.25) is 11.6 Å². The van der Waals surface area contributed by atoms with Crippen molar-refractivity contribution in [1.29, 1.82) is 0 Å². The van der Waals surface area contributed by atoms with Crippen molar-refractivity contribution < 1.29 is 9.31 Å². The van der Waals surface area contributed by atoms with E-state index in [1.54, 1.807) is 24.3 Å². The zero-order valence-electron chi connectivity index (χ0n) is 16.8. The quantitative estimate of drug-likeness (QED) is 0.458. The Morgan fingerprint density at radius 3 is 2.39 bits per heavy atom. The number of aromatic nitrogens is 2. The molecule has 3 aromatic rings. The smallest absolute Gasteiger partial charge is 0.353 e. The molecular weight excluding hydrogens is 423 g/mol. The normalized spacial score (nSPS) is 13.9. The largest absolute Gasteiger partial charge is 0.368 e. The third-order valence-corrected chi connectivity index (χ3v) is 5.60. The molecule has 2 heterocycles. The van der Waals surface area contributed by atoms with Crippen LogP contribution in [0.2, 0.25) is 5.02 Å². The van der Waals surface area contributed by atoms with Gasteiger partial charge >= 0.3 is 5.69 Å². The topological polar surface area (TPSA) is 87.4 Å². The summed E-state index contributed by atoms with van der Waals surface area (Å²) in [5.41, 5.74) is 2.24. The van der Waals surface area contributed by atoms with Crippen molar-refractivity contribution in [3.05, 3.63) is 75.3 Å². The second-order valence-electron chi connectivity index (χ2n) is 7.19. The Morgan fingerprint density at radius 1 is 1.06 bits per heavy atom. The van der Waals surface area contributed by atoms with Crippen LogP contribution in [0.25, 0.3) is 0 Å². The van der Waals surface area contributed by atoms with Crippen LogP contribution in [0.5, 0.6) is 0 Å². The third kappa shape index (κ3) is 4.51. The second-order valence-corrected chi connectivity index (χ2v) is 7.60. The Hall–Kier alpha value is -3.46. The van der Waals surface area contributed by atoms with Gasteiger partial charge < -0.3 is 15.1 Å². The highest BCUT2D eigenvalue weighted by atomic mass is 35.5. The molecule has 0 unspecified atom stereocenters. The van der Waals surface area contributed by atoms with Gasteiger partial charge in [0, 0.05) is 42.6 Å². The third-order valence-electron chi connectivity index (χ3n) is 5.19. The number of aryl methyl sites for hydroxylation is 1. The number of hydrogen-bond acceptors (Lipinski definition) is 7. The second kappa shape index (κ2) is 8.73. The molecule has 4 rings (SSSR count). The molecule has 0 atom stereocenters. The molecular formula is C21H20ClFN6O2. The number of hydrogen-bond donors (Lipinski definition) is 1. The molecule has 1 aliphatic rings. The van der Waals surface area contributed by atoms with Crippen LogP contribution in [0.1, 0.15) is 5.56 Å². The minimum atomic E-state index is -0.472. The van der Waals surface area contributed by atoms with Gasteiger partial charge in [0.15, 0.2) is 0 Å². The van der Waals surface area contributed by atoms with Gasteiger partial charge in [-0.25, -0.2) is 14.4 Å². The summed E-state index contributed by atoms with van der Waals surface area (Å²) in [6, 6.07) is 11.6. The van der Waals surface area contributed by atoms with Crippen LogP contribution < -0.4 is 15.1 Å². The number of anilines is 4. The molecule has 0 amide bonds. The molecule has 0 saturated carbocycles. The maximum Gasteiger partial charge on any atom is 0.353 e. The van der Waals surface area contributed by atoms with Crippen LogP contribution in [0, 0.1) is 22.9 Å². The van der Waals surface area contributed by atoms with Crippen molar-refractivity contribution in [3.63, 3.8) is 0 Å². The standard InChI is InChI=1S/C21H20ClFN6O2/c1-14-2-5-16(12-18(14)22)26-20-19(29(30)31)21(25-13-24-20)28-10-8-27(9-11-28)17-6-3-15(23)4-7-17/h2-7,12-13H,8-11H2,1H3,(H,24,25,26). The zero-order valence-corrected chi connectivity index (χ0v) is 17.5. The SMILES string of the molecule is Cc1ccc(Nc2ncnc(N3CCN(c4ccc(F)cc4)CC3)c2[N+](=O)[O-])cc1Cl. The van der Waals surface area contributed by atoms with Gasteiger partial charge in [-0.2, -0.15) is 0 Å². The van der Waals surface area contributed by atoms with Crippen LogP contribution in [0.4, 0.5) is 33.1 Å². The molecule has 1 saturated heterocycles. The van der Waals surface area contributed by atoms with E-state index in [1.165, 1.54) is 18.5 Å². The number of nitro groups is 1. The molecule has 1 aromatic heterocycles. The molecule has 1 fully saturated rings. The Bertz CT molecular complexity index is 1100. The molecule has 160 valence electrons. The molecule has 1 N–H and O–H groups in total. The van der Waals surface area contributed by atoms with E-state index in [2.05, 4.69) is 20.2 Å². The van der Waals surface area contributed by atoms with E-state index >= 15 is 0 Å². The summed E-state index contributed by atoms with van der Waals surface area (Å²) in [5.74, 6) is 0.0873. The Kier molecular flexibility index (Phi) is 5.85. The van der Waals surface area contributed by atoms with Gasteiger partial charge in [0.05, 0.1) is 4.92 Å². The summed E-state index contributed by atoms with van der Waals surface area (Å²) >= 11 is 6.17. The molecule has 1 aliphatic heterocycles. The van der Waals surface area contributed by atoms with Gasteiger partial charge in [-0.05, 0) is 48.9 Å². The van der Waals surface area contributed by atoms with Crippen molar-refractivity contribution in [3.8, 4) is 0 Å². The lowest BCUT2D eigenvalue weighted by Crippen LogP contribution is -2.47. The van der Waals surface area contributed by atoms with Crippen molar-refractivity contribution >= 4 is 40.3 Å². The van der Waals surface area contributed by atoms with Gasteiger partial charge in [0.25, 0.3) is 0 Å². The summed E-state index contributed by atoms with van der Waals surface area (Å²) in [7, 11) is 0. The van der Waals surface area contributed by atoms with E-state index in [-0.39, 0.29) is 23.1 Å². The number of rotatable bonds is 5. The Morgan fingerprint density at radius 2 is 1.74 bits per heavy atom. The lowest BCUT2D eigenvalue weighted by molar-refractivity contribution is -0.383. The minimum absolute atomic E-state index is 0.107. The lowest BCUT2D eigenvalue weighted by Gasteiger charge is -2.36. The fourth-order valence-electron chi connectivity index (χ4n) is 3.50. The first-order chi connectivity index (χ1) is 14.9. The predicted octanol–water partition coefficient (Wildman–Crippen LogP) is 4.56. The van der Waals surface area contributed by atoms with E-state index in [1.807, 2.05) is 17.9 Å². The number of nitrogens with zero attached hydrogens (tertiary/aromatic N) is 5. The van der Waals surface area contributed by atoms with E-state index in [9.17, 15) is 14.5 Å². The van der Waals surface area contributed by atoms with E-state index in [4.69, 9.17) is 11.6 Å². The molecule has 0 radical (unpaired) electrons. The van der Waals surface area contributed by atoms with Crippen LogP contribution in [-0.2, 0) is 0 Å². The number of halogens is 2. The summed E-state index contributed by atoms with van der Waals surface area (Å²) < 4.78 is 13.2. The maximum absolute atomic E-state index is 13.2. The first kappa shape index (κ1) is 20.8. The molecule has 8 nitrogen and oxygen atoms in total. The molecule has 0 aliphatic carbocycles. The number of benzene rings is 2. The molecule has 0 bridgehead atoms. The van der Waals surface area contributed by atoms with E-state index < -0.39 is 4.92 Å². The average Bonchev–Trinajstić information content (AvgIpc) is 2.77. The molecule has 10 heteroatoms. The highest BCUT2D eigenvalue weighted by Crippen LogP contribution is 2.35. The molecule has 0 spiro atoms. The van der Waals surface area contributed by atoms with Crippen molar-refractivity contribution in [2.75, 3.05) is 41.3 Å². The Labute approximate surface area is 183 Å². The van der Waals surface area contributed by atoms with E-state index in [0.717, 1.165) is 11.3 Å². The van der Waals surface area contributed by atoms with Crippen LogP contribution in [0.3, 0.4) is 0 Å². The first-order valence-corrected chi connectivity index (χ1v) is 10.1. The van der Waals surface area contributed by atoms with Crippen LogP contribution in [0.15, 0.2) is 48.8 Å². The average molecular weight is 443 g/mol. The van der Waals surface area contributed by atoms with E-state index in [0.29, 0.717) is 36.9 Å². The molecule has 31 heavy (non-hydrogen) atoms. The van der Waals surface area contributed by atoms with Gasteiger partial charge in [-0.1, -0.05) is 17.7 Å². The maximum atomic E-state index is 13.2. The molecule has 2 aromatic carbocycles. The fraction of sp³-hybridized carbons (Fsp3) is 0.238. The highest BCUT2D eigenvalue weighted by Gasteiger charge is 2.29. The number of piperazine rings is 1. The summed E-state index contributed by atoms with van der Waals surface area (Å²) in [6.45, 7) is 4.20. The van der Waals surface area contributed by atoms with Crippen LogP contribution in [-0.4, -0.2) is 41.1 Å². The monoisotopic (exact) mass is 442 g/mol. The summed E-state index contributed by atoms with van der Waals surface area (Å²) in [6.07, 6.45) is 1.31. The van der Waals surface area contributed by atoms with Crippen molar-refractivity contribution in [1.82, 2.24) is 9.97 Å². The first-order valence-electron chi connectivity index (χ1n) is 9.70. The van der Waals surface area contributed by atoms with Crippen molar-refractivity contribution in [2.45, 2.75) is 6.92 Å². The van der Waals surface area contributed by atoms with Gasteiger partial charge in [-0.15, -0.1) is 0 Å². The van der Waals surface area contributed by atoms with Gasteiger partial charge in [0.1, 0.15) is 12.1 Å². The lowest BCUT2D eigenvalue weighted by atomic mass is 10.2. The zero-order chi connectivity index (χ0) is 22.0. The Balaban J connectivity index is 1.56. The highest BCUT2D eigenvalue weighted by molar-refractivity contribution is 6.31.